The van der Waals surface area contributed by atoms with Crippen molar-refractivity contribution in [1.29, 1.82) is 0 Å². The number of aliphatic hydroxyl groups is 1. The van der Waals surface area contributed by atoms with E-state index in [2.05, 4.69) is 30.4 Å². The number of rotatable bonds is 4. The Labute approximate surface area is 138 Å². The zero-order valence-electron chi connectivity index (χ0n) is 13.9. The van der Waals surface area contributed by atoms with Gasteiger partial charge in [-0.1, -0.05) is 42.7 Å². The zero-order chi connectivity index (χ0) is 16.3. The first-order chi connectivity index (χ1) is 11.0. The maximum atomic E-state index is 13.0. The van der Waals surface area contributed by atoms with Gasteiger partial charge < -0.3 is 15.2 Å². The summed E-state index contributed by atoms with van der Waals surface area (Å²) >= 11 is 0. The Hall–Kier alpha value is -1.39. The van der Waals surface area contributed by atoms with Gasteiger partial charge in [-0.05, 0) is 25.3 Å². The van der Waals surface area contributed by atoms with Crippen molar-refractivity contribution in [2.45, 2.75) is 56.5 Å². The van der Waals surface area contributed by atoms with Crippen LogP contribution in [0.3, 0.4) is 0 Å². The smallest absolute Gasteiger partial charge is 0.230 e. The lowest BCUT2D eigenvalue weighted by Gasteiger charge is -2.34. The van der Waals surface area contributed by atoms with Gasteiger partial charge >= 0.3 is 0 Å². The summed E-state index contributed by atoms with van der Waals surface area (Å²) < 4.78 is 5.30. The summed E-state index contributed by atoms with van der Waals surface area (Å²) in [5.74, 6) is 0.0699. The summed E-state index contributed by atoms with van der Waals surface area (Å²) in [6, 6.07) is 8.30. The third-order valence-corrected chi connectivity index (χ3v) is 5.46. The normalized spacial score (nSPS) is 22.7. The average molecular weight is 317 g/mol. The molecule has 1 amide bonds. The van der Waals surface area contributed by atoms with E-state index in [1.165, 1.54) is 5.56 Å². The van der Waals surface area contributed by atoms with Crippen LogP contribution in [0.1, 0.15) is 49.7 Å². The lowest BCUT2D eigenvalue weighted by atomic mass is 9.77. The fraction of sp³-hybridized carbons (Fsp3) is 0.632. The van der Waals surface area contributed by atoms with Crippen LogP contribution in [0.25, 0.3) is 0 Å². The van der Waals surface area contributed by atoms with Crippen LogP contribution >= 0.6 is 0 Å². The maximum absolute atomic E-state index is 13.0. The average Bonchev–Trinajstić information content (AvgIpc) is 3.04. The van der Waals surface area contributed by atoms with E-state index in [-0.39, 0.29) is 5.91 Å². The first-order valence-corrected chi connectivity index (χ1v) is 8.70. The minimum Gasteiger partial charge on any atom is -0.388 e. The van der Waals surface area contributed by atoms with Gasteiger partial charge in [0.2, 0.25) is 5.91 Å². The Kier molecular flexibility index (Phi) is 4.74. The predicted octanol–water partition coefficient (Wildman–Crippen LogP) is 2.46. The van der Waals surface area contributed by atoms with Gasteiger partial charge in [0.1, 0.15) is 0 Å². The summed E-state index contributed by atoms with van der Waals surface area (Å²) in [6.45, 7) is 3.52. The van der Waals surface area contributed by atoms with Crippen molar-refractivity contribution in [2.24, 2.45) is 0 Å². The molecule has 2 aliphatic rings. The Morgan fingerprint density at radius 1 is 1.22 bits per heavy atom. The lowest BCUT2D eigenvalue weighted by Crippen LogP contribution is -2.51. The molecule has 0 radical (unpaired) electrons. The van der Waals surface area contributed by atoms with E-state index in [9.17, 15) is 9.90 Å². The molecule has 2 N–H and O–H groups in total. The number of hydrogen-bond acceptors (Lipinski definition) is 3. The SMILES string of the molecule is Cc1cccc(C2(C(=O)NCC3(O)CCOCC3)CCCC2)c1. The van der Waals surface area contributed by atoms with Crippen molar-refractivity contribution in [2.75, 3.05) is 19.8 Å². The molecule has 0 aromatic heterocycles. The molecule has 1 aliphatic carbocycles. The third kappa shape index (κ3) is 3.43. The third-order valence-electron chi connectivity index (χ3n) is 5.46. The molecule has 3 rings (SSSR count). The summed E-state index contributed by atoms with van der Waals surface area (Å²) in [5, 5.41) is 13.6. The number of amides is 1. The molecule has 1 aliphatic heterocycles. The molecule has 126 valence electrons. The highest BCUT2D eigenvalue weighted by molar-refractivity contribution is 5.88. The van der Waals surface area contributed by atoms with Crippen LogP contribution in [0.15, 0.2) is 24.3 Å². The van der Waals surface area contributed by atoms with Crippen molar-refractivity contribution in [3.05, 3.63) is 35.4 Å². The van der Waals surface area contributed by atoms with E-state index >= 15 is 0 Å². The fourth-order valence-corrected chi connectivity index (χ4v) is 3.91. The summed E-state index contributed by atoms with van der Waals surface area (Å²) in [5.41, 5.74) is 1.06. The van der Waals surface area contributed by atoms with Crippen molar-refractivity contribution in [1.82, 2.24) is 5.32 Å². The molecular formula is C19H27NO3. The van der Waals surface area contributed by atoms with E-state index in [0.717, 1.165) is 31.2 Å². The highest BCUT2D eigenvalue weighted by atomic mass is 16.5. The van der Waals surface area contributed by atoms with Gasteiger partial charge in [-0.2, -0.15) is 0 Å². The van der Waals surface area contributed by atoms with Crippen LogP contribution in [0.5, 0.6) is 0 Å². The summed E-state index contributed by atoms with van der Waals surface area (Å²) in [7, 11) is 0. The largest absolute Gasteiger partial charge is 0.388 e. The quantitative estimate of drug-likeness (QED) is 0.897. The van der Waals surface area contributed by atoms with E-state index in [0.29, 0.717) is 32.6 Å². The summed E-state index contributed by atoms with van der Waals surface area (Å²) in [4.78, 5) is 13.0. The van der Waals surface area contributed by atoms with Gasteiger partial charge in [-0.15, -0.1) is 0 Å². The van der Waals surface area contributed by atoms with Crippen LogP contribution in [-0.2, 0) is 14.9 Å². The molecule has 23 heavy (non-hydrogen) atoms. The molecule has 1 saturated carbocycles. The second-order valence-corrected chi connectivity index (χ2v) is 7.18. The van der Waals surface area contributed by atoms with Crippen LogP contribution in [0, 0.1) is 6.92 Å². The van der Waals surface area contributed by atoms with Crippen molar-refractivity contribution >= 4 is 5.91 Å². The van der Waals surface area contributed by atoms with E-state index < -0.39 is 11.0 Å². The first kappa shape index (κ1) is 16.5. The van der Waals surface area contributed by atoms with Crippen LogP contribution < -0.4 is 5.32 Å². The van der Waals surface area contributed by atoms with Crippen molar-refractivity contribution in [3.63, 3.8) is 0 Å². The van der Waals surface area contributed by atoms with Crippen LogP contribution in [0.2, 0.25) is 0 Å². The first-order valence-electron chi connectivity index (χ1n) is 8.70. The van der Waals surface area contributed by atoms with Gasteiger partial charge in [0.25, 0.3) is 0 Å². The van der Waals surface area contributed by atoms with Gasteiger partial charge in [-0.3, -0.25) is 4.79 Å². The topological polar surface area (TPSA) is 58.6 Å². The molecule has 1 aromatic carbocycles. The number of benzene rings is 1. The number of nitrogens with one attached hydrogen (secondary N) is 1. The molecule has 0 atom stereocenters. The molecule has 4 heteroatoms. The Balaban J connectivity index is 1.74. The molecule has 1 heterocycles. The summed E-state index contributed by atoms with van der Waals surface area (Å²) in [6.07, 6.45) is 5.13. The van der Waals surface area contributed by atoms with Gasteiger partial charge in [0.15, 0.2) is 0 Å². The number of carbonyl (C=O) groups excluding carboxylic acids is 1. The highest BCUT2D eigenvalue weighted by Crippen LogP contribution is 2.41. The second-order valence-electron chi connectivity index (χ2n) is 7.18. The lowest BCUT2D eigenvalue weighted by molar-refractivity contribution is -0.129. The fourth-order valence-electron chi connectivity index (χ4n) is 3.91. The maximum Gasteiger partial charge on any atom is 0.230 e. The molecule has 1 aromatic rings. The number of hydrogen-bond donors (Lipinski definition) is 2. The molecule has 2 fully saturated rings. The molecule has 4 nitrogen and oxygen atoms in total. The van der Waals surface area contributed by atoms with E-state index in [1.54, 1.807) is 0 Å². The van der Waals surface area contributed by atoms with E-state index in [4.69, 9.17) is 4.74 Å². The van der Waals surface area contributed by atoms with Crippen LogP contribution in [0.4, 0.5) is 0 Å². The van der Waals surface area contributed by atoms with Crippen LogP contribution in [-0.4, -0.2) is 36.4 Å². The van der Waals surface area contributed by atoms with Gasteiger partial charge in [0, 0.05) is 32.6 Å². The molecule has 0 unspecified atom stereocenters. The molecule has 0 spiro atoms. The minimum absolute atomic E-state index is 0.0699. The predicted molar refractivity (Wildman–Crippen MR) is 89.3 cm³/mol. The zero-order valence-corrected chi connectivity index (χ0v) is 13.9. The molecule has 0 bridgehead atoms. The van der Waals surface area contributed by atoms with Crippen molar-refractivity contribution < 1.29 is 14.6 Å². The van der Waals surface area contributed by atoms with Gasteiger partial charge in [0.05, 0.1) is 11.0 Å². The minimum atomic E-state index is -0.819. The van der Waals surface area contributed by atoms with Crippen molar-refractivity contribution in [3.8, 4) is 0 Å². The van der Waals surface area contributed by atoms with E-state index in [1.807, 2.05) is 6.07 Å². The standard InChI is InChI=1S/C19H27NO3/c1-15-5-4-6-16(13-15)19(7-2-3-8-19)17(21)20-14-18(22)9-11-23-12-10-18/h4-6,13,22H,2-3,7-12,14H2,1H3,(H,20,21). The molecular weight excluding hydrogens is 290 g/mol. The number of aryl methyl sites for hydroxylation is 1. The Morgan fingerprint density at radius 2 is 1.91 bits per heavy atom. The molecule has 1 saturated heterocycles. The second kappa shape index (κ2) is 6.62. The Morgan fingerprint density at radius 3 is 2.57 bits per heavy atom. The highest BCUT2D eigenvalue weighted by Gasteiger charge is 2.43. The monoisotopic (exact) mass is 317 g/mol. The van der Waals surface area contributed by atoms with Gasteiger partial charge in [-0.25, -0.2) is 0 Å². The Bertz CT molecular complexity index is 557. The number of carbonyl (C=O) groups is 1. The number of ether oxygens (including phenoxy) is 1.